The van der Waals surface area contributed by atoms with Gasteiger partial charge in [0.05, 0.1) is 7.11 Å². The number of methoxy groups -OCH3 is 1. The molecule has 2 aliphatic rings. The van der Waals surface area contributed by atoms with Crippen molar-refractivity contribution in [3.8, 4) is 5.75 Å². The summed E-state index contributed by atoms with van der Waals surface area (Å²) in [5.41, 5.74) is 5.04. The second kappa shape index (κ2) is 4.50. The second-order valence-electron chi connectivity index (χ2n) is 4.93. The fourth-order valence-corrected chi connectivity index (χ4v) is 2.52. The van der Waals surface area contributed by atoms with E-state index in [2.05, 4.69) is 4.99 Å². The first-order chi connectivity index (χ1) is 9.17. The van der Waals surface area contributed by atoms with Gasteiger partial charge in [0.1, 0.15) is 5.75 Å². The average molecular weight is 253 g/mol. The normalized spacial score (nSPS) is 19.5. The summed E-state index contributed by atoms with van der Waals surface area (Å²) in [7, 11) is 1.64. The van der Waals surface area contributed by atoms with Gasteiger partial charge < -0.3 is 4.74 Å². The van der Waals surface area contributed by atoms with Gasteiger partial charge in [-0.05, 0) is 41.8 Å². The Morgan fingerprint density at radius 1 is 1.32 bits per heavy atom. The quantitative estimate of drug-likeness (QED) is 0.760. The lowest BCUT2D eigenvalue weighted by atomic mass is 10.0. The average Bonchev–Trinajstić information content (AvgIpc) is 2.94. The number of fused-ring (bicyclic) bond motifs is 1. The highest BCUT2D eigenvalue weighted by Gasteiger charge is 2.25. The number of carbonyl (C=O) groups is 1. The molecule has 0 fully saturated rings. The van der Waals surface area contributed by atoms with Crippen LogP contribution >= 0.6 is 0 Å². The number of hydrogen-bond donors (Lipinski definition) is 0. The smallest absolute Gasteiger partial charge is 0.167 e. The third-order valence-corrected chi connectivity index (χ3v) is 3.50. The SMILES string of the molecule is COc1ccc2c(c1)/C(=C/C1=CN=C(C)C1)C(=O)C2. The van der Waals surface area contributed by atoms with Crippen molar-refractivity contribution in [1.82, 2.24) is 0 Å². The molecule has 1 aromatic carbocycles. The summed E-state index contributed by atoms with van der Waals surface area (Å²) in [6, 6.07) is 5.81. The molecule has 1 heterocycles. The lowest BCUT2D eigenvalue weighted by molar-refractivity contribution is -0.112. The Balaban J connectivity index is 2.00. The number of ether oxygens (including phenoxy) is 1. The lowest BCUT2D eigenvalue weighted by Gasteiger charge is -2.04. The fourth-order valence-electron chi connectivity index (χ4n) is 2.52. The van der Waals surface area contributed by atoms with Gasteiger partial charge in [-0.2, -0.15) is 0 Å². The zero-order chi connectivity index (χ0) is 13.4. The minimum atomic E-state index is 0.175. The van der Waals surface area contributed by atoms with Crippen molar-refractivity contribution < 1.29 is 9.53 Å². The Kier molecular flexibility index (Phi) is 2.82. The van der Waals surface area contributed by atoms with Crippen LogP contribution in [0.25, 0.3) is 5.57 Å². The summed E-state index contributed by atoms with van der Waals surface area (Å²) in [4.78, 5) is 16.4. The zero-order valence-electron chi connectivity index (χ0n) is 11.1. The number of allylic oxidation sites excluding steroid dienone is 3. The molecule has 0 unspecified atom stereocenters. The molecule has 1 aliphatic heterocycles. The molecule has 0 spiro atoms. The van der Waals surface area contributed by atoms with Crippen LogP contribution in [0.1, 0.15) is 24.5 Å². The van der Waals surface area contributed by atoms with E-state index in [4.69, 9.17) is 4.74 Å². The van der Waals surface area contributed by atoms with Gasteiger partial charge in [0.2, 0.25) is 0 Å². The van der Waals surface area contributed by atoms with E-state index in [9.17, 15) is 4.79 Å². The summed E-state index contributed by atoms with van der Waals surface area (Å²) >= 11 is 0. The number of nitrogens with zero attached hydrogens (tertiary/aromatic N) is 1. The van der Waals surface area contributed by atoms with Gasteiger partial charge in [0.25, 0.3) is 0 Å². The monoisotopic (exact) mass is 253 g/mol. The standard InChI is InChI=1S/C16H15NO2/c1-10-5-11(9-17-10)6-15-14-8-13(19-2)4-3-12(14)7-16(15)18/h3-4,6,8-9H,5,7H2,1-2H3/b15-6-. The predicted molar refractivity (Wildman–Crippen MR) is 75.5 cm³/mol. The van der Waals surface area contributed by atoms with E-state index in [0.717, 1.165) is 40.2 Å². The van der Waals surface area contributed by atoms with Crippen LogP contribution in [0.3, 0.4) is 0 Å². The fraction of sp³-hybridized carbons (Fsp3) is 0.250. The predicted octanol–water partition coefficient (Wildman–Crippen LogP) is 2.95. The van der Waals surface area contributed by atoms with Crippen LogP contribution in [0.15, 0.2) is 41.0 Å². The molecule has 19 heavy (non-hydrogen) atoms. The molecule has 0 aromatic heterocycles. The third kappa shape index (κ3) is 2.12. The Labute approximate surface area is 112 Å². The molecular formula is C16H15NO2. The minimum absolute atomic E-state index is 0.175. The van der Waals surface area contributed by atoms with Crippen molar-refractivity contribution in [1.29, 1.82) is 0 Å². The minimum Gasteiger partial charge on any atom is -0.497 e. The first-order valence-electron chi connectivity index (χ1n) is 6.32. The van der Waals surface area contributed by atoms with Gasteiger partial charge in [-0.15, -0.1) is 0 Å². The topological polar surface area (TPSA) is 38.7 Å². The molecule has 0 amide bonds. The van der Waals surface area contributed by atoms with Gasteiger partial charge in [-0.25, -0.2) is 0 Å². The van der Waals surface area contributed by atoms with Gasteiger partial charge in [-0.3, -0.25) is 9.79 Å². The Bertz CT molecular complexity index is 651. The molecule has 0 bridgehead atoms. The highest BCUT2D eigenvalue weighted by atomic mass is 16.5. The molecule has 3 nitrogen and oxygen atoms in total. The number of Topliss-reactive ketones (excluding diaryl/α,β-unsaturated/α-hetero) is 1. The molecule has 0 atom stereocenters. The van der Waals surface area contributed by atoms with E-state index in [1.54, 1.807) is 7.11 Å². The number of ketones is 1. The molecule has 0 radical (unpaired) electrons. The van der Waals surface area contributed by atoms with Crippen molar-refractivity contribution in [3.63, 3.8) is 0 Å². The summed E-state index contributed by atoms with van der Waals surface area (Å²) in [6.45, 7) is 2.00. The van der Waals surface area contributed by atoms with Crippen molar-refractivity contribution in [2.45, 2.75) is 19.8 Å². The Morgan fingerprint density at radius 3 is 2.84 bits per heavy atom. The highest BCUT2D eigenvalue weighted by molar-refractivity contribution is 6.26. The molecule has 3 heteroatoms. The number of carbonyl (C=O) groups excluding carboxylic acids is 1. The van der Waals surface area contributed by atoms with E-state index >= 15 is 0 Å². The van der Waals surface area contributed by atoms with Crippen molar-refractivity contribution in [2.75, 3.05) is 7.11 Å². The van der Waals surface area contributed by atoms with E-state index in [1.165, 1.54) is 0 Å². The Hall–Kier alpha value is -2.16. The first kappa shape index (κ1) is 11.9. The summed E-state index contributed by atoms with van der Waals surface area (Å²) in [6.07, 6.45) is 5.12. The molecule has 0 N–H and O–H groups in total. The van der Waals surface area contributed by atoms with Crippen molar-refractivity contribution in [3.05, 3.63) is 47.2 Å². The zero-order valence-corrected chi connectivity index (χ0v) is 11.1. The number of benzene rings is 1. The number of aliphatic imine (C=N–C) groups is 1. The number of rotatable bonds is 2. The van der Waals surface area contributed by atoms with E-state index in [-0.39, 0.29) is 5.78 Å². The van der Waals surface area contributed by atoms with Gasteiger partial charge >= 0.3 is 0 Å². The van der Waals surface area contributed by atoms with E-state index < -0.39 is 0 Å². The summed E-state index contributed by atoms with van der Waals surface area (Å²) < 4.78 is 5.23. The molecule has 3 rings (SSSR count). The maximum atomic E-state index is 12.1. The van der Waals surface area contributed by atoms with Gasteiger partial charge in [0, 0.05) is 30.3 Å². The lowest BCUT2D eigenvalue weighted by Crippen LogP contribution is -1.95. The maximum Gasteiger partial charge on any atom is 0.167 e. The molecule has 1 aromatic rings. The Morgan fingerprint density at radius 2 is 2.16 bits per heavy atom. The van der Waals surface area contributed by atoms with Crippen molar-refractivity contribution in [2.24, 2.45) is 4.99 Å². The van der Waals surface area contributed by atoms with Crippen molar-refractivity contribution >= 4 is 17.1 Å². The van der Waals surface area contributed by atoms with E-state index in [0.29, 0.717) is 6.42 Å². The van der Waals surface area contributed by atoms with Crippen LogP contribution in [0.4, 0.5) is 0 Å². The summed E-state index contributed by atoms with van der Waals surface area (Å²) in [5, 5.41) is 0. The van der Waals surface area contributed by atoms with Crippen LogP contribution in [-0.4, -0.2) is 18.6 Å². The van der Waals surface area contributed by atoms with Crippen LogP contribution in [0.5, 0.6) is 5.75 Å². The molecule has 0 saturated carbocycles. The molecule has 1 aliphatic carbocycles. The highest BCUT2D eigenvalue weighted by Crippen LogP contribution is 2.34. The van der Waals surface area contributed by atoms with Crippen LogP contribution in [0, 0.1) is 0 Å². The summed E-state index contributed by atoms with van der Waals surface area (Å²) in [5.74, 6) is 0.959. The van der Waals surface area contributed by atoms with Crippen LogP contribution in [-0.2, 0) is 11.2 Å². The number of hydrogen-bond acceptors (Lipinski definition) is 3. The van der Waals surface area contributed by atoms with Crippen LogP contribution in [0.2, 0.25) is 0 Å². The van der Waals surface area contributed by atoms with Gasteiger partial charge in [-0.1, -0.05) is 6.07 Å². The molecule has 0 saturated heterocycles. The maximum absolute atomic E-state index is 12.1. The largest absolute Gasteiger partial charge is 0.497 e. The van der Waals surface area contributed by atoms with Gasteiger partial charge in [0.15, 0.2) is 5.78 Å². The van der Waals surface area contributed by atoms with E-state index in [1.807, 2.05) is 37.4 Å². The second-order valence-corrected chi connectivity index (χ2v) is 4.93. The molecular weight excluding hydrogens is 238 g/mol. The van der Waals surface area contributed by atoms with Crippen LogP contribution < -0.4 is 4.74 Å². The first-order valence-corrected chi connectivity index (χ1v) is 6.32. The molecule has 96 valence electrons. The third-order valence-electron chi connectivity index (χ3n) is 3.50.